The first-order chi connectivity index (χ1) is 13.6. The summed E-state index contributed by atoms with van der Waals surface area (Å²) in [6.07, 6.45) is 2.27. The van der Waals surface area contributed by atoms with Crippen LogP contribution in [0.15, 0.2) is 21.3 Å². The number of aryl methyl sites for hydroxylation is 2. The molecule has 29 heavy (non-hydrogen) atoms. The highest BCUT2D eigenvalue weighted by molar-refractivity contribution is 5.85. The standard InChI is InChI=1S/C22H27NO6/c1-5-16(20(25)26)23-19(24)7-6-14-12(2)15-10-13-8-9-22(3,4)29-17(13)11-18(15)28-21(14)27/h10-11,16H,5-9H2,1-4H3,(H,23,24)(H,25,26). The minimum Gasteiger partial charge on any atom is -0.487 e. The van der Waals surface area contributed by atoms with E-state index in [0.717, 1.165) is 35.1 Å². The molecule has 7 heteroatoms. The van der Waals surface area contributed by atoms with Gasteiger partial charge in [0.25, 0.3) is 0 Å². The molecule has 1 unspecified atom stereocenters. The zero-order valence-electron chi connectivity index (χ0n) is 17.3. The fourth-order valence-corrected chi connectivity index (χ4v) is 3.67. The Hall–Kier alpha value is -2.83. The molecule has 0 radical (unpaired) electrons. The number of benzene rings is 1. The van der Waals surface area contributed by atoms with E-state index in [2.05, 4.69) is 5.32 Å². The van der Waals surface area contributed by atoms with Gasteiger partial charge >= 0.3 is 11.6 Å². The number of nitrogens with one attached hydrogen (secondary N) is 1. The minimum absolute atomic E-state index is 0.0170. The van der Waals surface area contributed by atoms with Gasteiger partial charge in [0.05, 0.1) is 0 Å². The fraction of sp³-hybridized carbons (Fsp3) is 0.500. The zero-order chi connectivity index (χ0) is 21.3. The van der Waals surface area contributed by atoms with Gasteiger partial charge in [-0.25, -0.2) is 9.59 Å². The lowest BCUT2D eigenvalue weighted by atomic mass is 9.92. The molecule has 0 saturated heterocycles. The Morgan fingerprint density at radius 3 is 2.69 bits per heavy atom. The lowest BCUT2D eigenvalue weighted by Crippen LogP contribution is -2.40. The number of carbonyl (C=O) groups is 2. The number of ether oxygens (including phenoxy) is 1. The summed E-state index contributed by atoms with van der Waals surface area (Å²) in [6, 6.07) is 2.85. The Bertz CT molecular complexity index is 1020. The monoisotopic (exact) mass is 401 g/mol. The number of carboxylic acid groups (broad SMARTS) is 1. The van der Waals surface area contributed by atoms with Crippen LogP contribution >= 0.6 is 0 Å². The largest absolute Gasteiger partial charge is 0.487 e. The van der Waals surface area contributed by atoms with Gasteiger partial charge in [0.15, 0.2) is 0 Å². The number of carboxylic acids is 1. The lowest BCUT2D eigenvalue weighted by Gasteiger charge is -2.32. The molecule has 2 aromatic rings. The summed E-state index contributed by atoms with van der Waals surface area (Å²) in [7, 11) is 0. The molecule has 0 aliphatic carbocycles. The van der Waals surface area contributed by atoms with E-state index in [1.165, 1.54) is 0 Å². The molecule has 0 saturated carbocycles. The Morgan fingerprint density at radius 1 is 1.31 bits per heavy atom. The van der Waals surface area contributed by atoms with E-state index < -0.39 is 23.5 Å². The third-order valence-corrected chi connectivity index (χ3v) is 5.49. The second kappa shape index (κ2) is 7.89. The number of aliphatic carboxylic acids is 1. The van der Waals surface area contributed by atoms with Gasteiger partial charge in [-0.3, -0.25) is 4.79 Å². The van der Waals surface area contributed by atoms with Crippen LogP contribution in [0.4, 0.5) is 0 Å². The molecule has 1 atom stereocenters. The van der Waals surface area contributed by atoms with Gasteiger partial charge in [-0.05, 0) is 63.6 Å². The molecule has 1 aliphatic rings. The third-order valence-electron chi connectivity index (χ3n) is 5.49. The SMILES string of the molecule is CCC(NC(=O)CCc1c(C)c2cc3c(cc2oc1=O)OC(C)(C)CC3)C(=O)O. The Balaban J connectivity index is 1.85. The summed E-state index contributed by atoms with van der Waals surface area (Å²) < 4.78 is 11.5. The van der Waals surface area contributed by atoms with E-state index in [1.54, 1.807) is 13.0 Å². The first-order valence-electron chi connectivity index (χ1n) is 9.91. The summed E-state index contributed by atoms with van der Waals surface area (Å²) in [5.41, 5.74) is 2.02. The van der Waals surface area contributed by atoms with Gasteiger partial charge in [-0.2, -0.15) is 0 Å². The second-order valence-electron chi connectivity index (χ2n) is 8.18. The summed E-state index contributed by atoms with van der Waals surface area (Å²) >= 11 is 0. The number of rotatable bonds is 6. The van der Waals surface area contributed by atoms with Crippen LogP contribution in [-0.4, -0.2) is 28.6 Å². The molecule has 0 fully saturated rings. The zero-order valence-corrected chi connectivity index (χ0v) is 17.3. The molecule has 1 aromatic heterocycles. The molecule has 2 N–H and O–H groups in total. The minimum atomic E-state index is -1.07. The maximum atomic E-state index is 12.5. The average Bonchev–Trinajstić information content (AvgIpc) is 2.63. The van der Waals surface area contributed by atoms with Gasteiger partial charge in [-0.15, -0.1) is 0 Å². The Morgan fingerprint density at radius 2 is 2.03 bits per heavy atom. The molecule has 156 valence electrons. The molecule has 1 aliphatic heterocycles. The van der Waals surface area contributed by atoms with Crippen molar-refractivity contribution in [2.24, 2.45) is 0 Å². The average molecular weight is 401 g/mol. The van der Waals surface area contributed by atoms with Crippen molar-refractivity contribution in [2.45, 2.75) is 71.4 Å². The van der Waals surface area contributed by atoms with Crippen LogP contribution in [0.2, 0.25) is 0 Å². The smallest absolute Gasteiger partial charge is 0.339 e. The highest BCUT2D eigenvalue weighted by Crippen LogP contribution is 2.36. The number of carbonyl (C=O) groups excluding carboxylic acids is 1. The quantitative estimate of drug-likeness (QED) is 0.721. The van der Waals surface area contributed by atoms with Gasteiger partial charge in [0.2, 0.25) is 5.91 Å². The molecule has 1 aromatic carbocycles. The van der Waals surface area contributed by atoms with Crippen molar-refractivity contribution in [2.75, 3.05) is 0 Å². The Kier molecular flexibility index (Phi) is 5.68. The highest BCUT2D eigenvalue weighted by Gasteiger charge is 2.27. The molecule has 3 rings (SSSR count). The van der Waals surface area contributed by atoms with E-state index in [0.29, 0.717) is 17.6 Å². The summed E-state index contributed by atoms with van der Waals surface area (Å²) in [4.78, 5) is 35.7. The molecular weight excluding hydrogens is 374 g/mol. The van der Waals surface area contributed by atoms with Crippen LogP contribution in [0.1, 0.15) is 56.7 Å². The van der Waals surface area contributed by atoms with E-state index >= 15 is 0 Å². The number of hydrogen-bond donors (Lipinski definition) is 2. The van der Waals surface area contributed by atoms with Crippen LogP contribution < -0.4 is 15.7 Å². The highest BCUT2D eigenvalue weighted by atomic mass is 16.5. The van der Waals surface area contributed by atoms with Crippen molar-refractivity contribution < 1.29 is 23.8 Å². The molecular formula is C22H27NO6. The van der Waals surface area contributed by atoms with Gasteiger partial charge in [0.1, 0.15) is 23.0 Å². The normalized spacial score (nSPS) is 16.0. The molecule has 7 nitrogen and oxygen atoms in total. The van der Waals surface area contributed by atoms with Gasteiger partial charge < -0.3 is 19.6 Å². The van der Waals surface area contributed by atoms with Crippen molar-refractivity contribution >= 4 is 22.8 Å². The Labute approximate surface area is 169 Å². The van der Waals surface area contributed by atoms with E-state index in [1.807, 2.05) is 26.8 Å². The van der Waals surface area contributed by atoms with Crippen molar-refractivity contribution in [3.05, 3.63) is 39.2 Å². The van der Waals surface area contributed by atoms with Crippen molar-refractivity contribution in [1.29, 1.82) is 0 Å². The second-order valence-corrected chi connectivity index (χ2v) is 8.18. The first-order valence-corrected chi connectivity index (χ1v) is 9.91. The molecule has 0 spiro atoms. The van der Waals surface area contributed by atoms with Crippen LogP contribution in [0.25, 0.3) is 11.0 Å². The van der Waals surface area contributed by atoms with Crippen LogP contribution in [0.3, 0.4) is 0 Å². The number of amides is 1. The van der Waals surface area contributed by atoms with Crippen molar-refractivity contribution in [3.8, 4) is 5.75 Å². The lowest BCUT2D eigenvalue weighted by molar-refractivity contribution is -0.141. The third kappa shape index (κ3) is 4.44. The van der Waals surface area contributed by atoms with Crippen LogP contribution in [0.5, 0.6) is 5.75 Å². The van der Waals surface area contributed by atoms with E-state index in [-0.39, 0.29) is 18.4 Å². The maximum Gasteiger partial charge on any atom is 0.339 e. The van der Waals surface area contributed by atoms with Crippen molar-refractivity contribution in [1.82, 2.24) is 5.32 Å². The van der Waals surface area contributed by atoms with Crippen LogP contribution in [-0.2, 0) is 22.4 Å². The molecule has 2 heterocycles. The fourth-order valence-electron chi connectivity index (χ4n) is 3.67. The van der Waals surface area contributed by atoms with E-state index in [4.69, 9.17) is 14.3 Å². The summed E-state index contributed by atoms with van der Waals surface area (Å²) in [5, 5.41) is 12.4. The summed E-state index contributed by atoms with van der Waals surface area (Å²) in [5.74, 6) is -0.737. The maximum absolute atomic E-state index is 12.5. The molecule has 0 bridgehead atoms. The van der Waals surface area contributed by atoms with E-state index in [9.17, 15) is 14.4 Å². The number of fused-ring (bicyclic) bond motifs is 2. The van der Waals surface area contributed by atoms with Gasteiger partial charge in [-0.1, -0.05) is 6.92 Å². The predicted octanol–water partition coefficient (Wildman–Crippen LogP) is 3.12. The predicted molar refractivity (Wildman–Crippen MR) is 108 cm³/mol. The topological polar surface area (TPSA) is 106 Å². The van der Waals surface area contributed by atoms with Crippen molar-refractivity contribution in [3.63, 3.8) is 0 Å². The van der Waals surface area contributed by atoms with Gasteiger partial charge in [0, 0.05) is 23.4 Å². The first kappa shape index (κ1) is 20.9. The number of hydrogen-bond acceptors (Lipinski definition) is 5. The van der Waals surface area contributed by atoms with Crippen LogP contribution in [0, 0.1) is 6.92 Å². The molecule has 1 amide bonds. The summed E-state index contributed by atoms with van der Waals surface area (Å²) in [6.45, 7) is 7.59.